The fourth-order valence-corrected chi connectivity index (χ4v) is 2.88. The molecule has 0 spiro atoms. The van der Waals surface area contributed by atoms with Crippen molar-refractivity contribution in [2.45, 2.75) is 13.5 Å². The lowest BCUT2D eigenvalue weighted by molar-refractivity contribution is 0.306. The number of aromatic nitrogens is 1. The van der Waals surface area contributed by atoms with Crippen LogP contribution in [-0.2, 0) is 6.61 Å². The molecule has 0 fully saturated rings. The van der Waals surface area contributed by atoms with E-state index in [1.807, 2.05) is 18.3 Å². The van der Waals surface area contributed by atoms with Gasteiger partial charge in [0.15, 0.2) is 0 Å². The normalized spacial score (nSPS) is 14.6. The predicted octanol–water partition coefficient (Wildman–Crippen LogP) is 4.87. The Labute approximate surface area is 136 Å². The molecule has 0 radical (unpaired) electrons. The minimum atomic E-state index is 0.570. The van der Waals surface area contributed by atoms with Crippen molar-refractivity contribution in [1.29, 1.82) is 0 Å². The van der Waals surface area contributed by atoms with Gasteiger partial charge >= 0.3 is 0 Å². The zero-order valence-corrected chi connectivity index (χ0v) is 13.0. The van der Waals surface area contributed by atoms with Crippen LogP contribution in [0.15, 0.2) is 66.9 Å². The van der Waals surface area contributed by atoms with Gasteiger partial charge in [0.1, 0.15) is 18.1 Å². The number of nitrogens with zero attached hydrogens (tertiary/aromatic N) is 1. The van der Waals surface area contributed by atoms with E-state index in [0.717, 1.165) is 17.0 Å². The van der Waals surface area contributed by atoms with E-state index in [9.17, 15) is 0 Å². The topological polar surface area (TPSA) is 22.1 Å². The first kappa shape index (κ1) is 13.8. The van der Waals surface area contributed by atoms with Crippen LogP contribution < -0.4 is 4.74 Å². The van der Waals surface area contributed by atoms with Gasteiger partial charge in [-0.2, -0.15) is 0 Å². The van der Waals surface area contributed by atoms with Crippen LogP contribution in [0.3, 0.4) is 0 Å². The SMILES string of the molecule is Cc1ccc(/C=C2\c3ccccc3COc3cccnc32)cc1. The number of ether oxygens (including phenoxy) is 1. The molecule has 0 amide bonds. The molecule has 23 heavy (non-hydrogen) atoms. The second-order valence-corrected chi connectivity index (χ2v) is 5.76. The van der Waals surface area contributed by atoms with Gasteiger partial charge in [-0.15, -0.1) is 0 Å². The number of aryl methyl sites for hydroxylation is 1. The molecule has 1 aliphatic heterocycles. The van der Waals surface area contributed by atoms with E-state index in [1.165, 1.54) is 22.3 Å². The first-order valence-corrected chi connectivity index (χ1v) is 7.76. The molecule has 112 valence electrons. The second-order valence-electron chi connectivity index (χ2n) is 5.76. The summed E-state index contributed by atoms with van der Waals surface area (Å²) in [4.78, 5) is 4.58. The Morgan fingerprint density at radius 3 is 2.65 bits per heavy atom. The van der Waals surface area contributed by atoms with Crippen LogP contribution in [0.2, 0.25) is 0 Å². The number of hydrogen-bond acceptors (Lipinski definition) is 2. The van der Waals surface area contributed by atoms with E-state index >= 15 is 0 Å². The van der Waals surface area contributed by atoms with Gasteiger partial charge in [-0.25, -0.2) is 0 Å². The third-order valence-electron chi connectivity index (χ3n) is 4.10. The van der Waals surface area contributed by atoms with E-state index in [-0.39, 0.29) is 0 Å². The Morgan fingerprint density at radius 2 is 1.78 bits per heavy atom. The van der Waals surface area contributed by atoms with Gasteiger partial charge in [0, 0.05) is 11.8 Å². The molecule has 3 aromatic rings. The Bertz CT molecular complexity index is 829. The van der Waals surface area contributed by atoms with Crippen molar-refractivity contribution in [2.75, 3.05) is 0 Å². The highest BCUT2D eigenvalue weighted by Crippen LogP contribution is 2.36. The molecule has 0 aliphatic carbocycles. The largest absolute Gasteiger partial charge is 0.487 e. The van der Waals surface area contributed by atoms with Gasteiger partial charge in [0.2, 0.25) is 0 Å². The van der Waals surface area contributed by atoms with Crippen LogP contribution in [0.4, 0.5) is 0 Å². The van der Waals surface area contributed by atoms with E-state index in [1.54, 1.807) is 0 Å². The van der Waals surface area contributed by atoms with Crippen LogP contribution in [-0.4, -0.2) is 4.98 Å². The summed E-state index contributed by atoms with van der Waals surface area (Å²) in [5.74, 6) is 0.835. The van der Waals surface area contributed by atoms with Gasteiger partial charge in [-0.3, -0.25) is 4.98 Å². The minimum Gasteiger partial charge on any atom is -0.487 e. The molecule has 0 N–H and O–H groups in total. The lowest BCUT2D eigenvalue weighted by atomic mass is 9.95. The van der Waals surface area contributed by atoms with Crippen molar-refractivity contribution < 1.29 is 4.74 Å². The van der Waals surface area contributed by atoms with E-state index in [4.69, 9.17) is 4.74 Å². The van der Waals surface area contributed by atoms with E-state index < -0.39 is 0 Å². The van der Waals surface area contributed by atoms with Gasteiger partial charge in [0.25, 0.3) is 0 Å². The zero-order valence-electron chi connectivity index (χ0n) is 13.0. The van der Waals surface area contributed by atoms with Crippen molar-refractivity contribution >= 4 is 11.6 Å². The molecule has 0 saturated heterocycles. The summed E-state index contributed by atoms with van der Waals surface area (Å²) in [7, 11) is 0. The van der Waals surface area contributed by atoms with Gasteiger partial charge < -0.3 is 4.74 Å². The summed E-state index contributed by atoms with van der Waals surface area (Å²) >= 11 is 0. The van der Waals surface area contributed by atoms with Crippen LogP contribution in [0.25, 0.3) is 11.6 Å². The zero-order chi connectivity index (χ0) is 15.6. The Hall–Kier alpha value is -2.87. The summed E-state index contributed by atoms with van der Waals surface area (Å²) in [6.45, 7) is 2.67. The maximum absolute atomic E-state index is 5.96. The van der Waals surface area contributed by atoms with Gasteiger partial charge in [0.05, 0.1) is 0 Å². The quantitative estimate of drug-likeness (QED) is 0.639. The first-order chi connectivity index (χ1) is 11.3. The van der Waals surface area contributed by atoms with E-state index in [0.29, 0.717) is 6.61 Å². The summed E-state index contributed by atoms with van der Waals surface area (Å²) < 4.78 is 5.96. The molecule has 0 atom stereocenters. The number of rotatable bonds is 1. The van der Waals surface area contributed by atoms with Crippen LogP contribution in [0.1, 0.15) is 27.9 Å². The summed E-state index contributed by atoms with van der Waals surface area (Å²) in [6, 6.07) is 20.8. The Kier molecular flexibility index (Phi) is 3.43. The Morgan fingerprint density at radius 1 is 0.957 bits per heavy atom. The van der Waals surface area contributed by atoms with Gasteiger partial charge in [-0.05, 0) is 41.8 Å². The number of pyridine rings is 1. The summed E-state index contributed by atoms with van der Waals surface area (Å²) in [5, 5.41) is 0. The molecule has 0 saturated carbocycles. The monoisotopic (exact) mass is 299 g/mol. The van der Waals surface area contributed by atoms with Crippen molar-refractivity contribution in [2.24, 2.45) is 0 Å². The maximum atomic E-state index is 5.96. The Balaban J connectivity index is 1.94. The average Bonchev–Trinajstić information content (AvgIpc) is 2.75. The molecule has 1 aromatic heterocycles. The molecule has 2 nitrogen and oxygen atoms in total. The van der Waals surface area contributed by atoms with Crippen LogP contribution >= 0.6 is 0 Å². The fraction of sp³-hybridized carbons (Fsp3) is 0.0952. The van der Waals surface area contributed by atoms with Crippen LogP contribution in [0.5, 0.6) is 5.75 Å². The minimum absolute atomic E-state index is 0.570. The van der Waals surface area contributed by atoms with Crippen molar-refractivity contribution in [3.63, 3.8) is 0 Å². The molecule has 2 heterocycles. The lowest BCUT2D eigenvalue weighted by Crippen LogP contribution is -1.94. The third kappa shape index (κ3) is 2.64. The number of hydrogen-bond donors (Lipinski definition) is 0. The summed E-state index contributed by atoms with van der Waals surface area (Å²) in [5.41, 5.74) is 6.80. The number of benzene rings is 2. The molecule has 4 rings (SSSR count). The number of fused-ring (bicyclic) bond motifs is 2. The second kappa shape index (κ2) is 5.73. The summed E-state index contributed by atoms with van der Waals surface area (Å²) in [6.07, 6.45) is 4.01. The highest BCUT2D eigenvalue weighted by atomic mass is 16.5. The molecule has 0 bridgehead atoms. The fourth-order valence-electron chi connectivity index (χ4n) is 2.88. The predicted molar refractivity (Wildman–Crippen MR) is 93.2 cm³/mol. The van der Waals surface area contributed by atoms with Crippen molar-refractivity contribution in [3.05, 3.63) is 94.8 Å². The molecule has 0 unspecified atom stereocenters. The molecular weight excluding hydrogens is 282 g/mol. The maximum Gasteiger partial charge on any atom is 0.146 e. The molecule has 1 aliphatic rings. The molecule has 2 heteroatoms. The standard InChI is InChI=1S/C21H17NO/c1-15-8-10-16(11-9-15)13-19-18-6-3-2-5-17(18)14-23-20-7-4-12-22-21(19)20/h2-13H,14H2,1H3/b19-13+. The van der Waals surface area contributed by atoms with Crippen LogP contribution in [0, 0.1) is 6.92 Å². The molecule has 2 aromatic carbocycles. The highest BCUT2D eigenvalue weighted by Gasteiger charge is 2.19. The van der Waals surface area contributed by atoms with E-state index in [2.05, 4.69) is 66.5 Å². The molecular formula is C21H17NO. The third-order valence-corrected chi connectivity index (χ3v) is 4.10. The highest BCUT2D eigenvalue weighted by molar-refractivity contribution is 5.93. The smallest absolute Gasteiger partial charge is 0.146 e. The van der Waals surface area contributed by atoms with Gasteiger partial charge in [-0.1, -0.05) is 54.1 Å². The first-order valence-electron chi connectivity index (χ1n) is 7.76. The lowest BCUT2D eigenvalue weighted by Gasteiger charge is -2.09. The van der Waals surface area contributed by atoms with Crippen molar-refractivity contribution in [3.8, 4) is 5.75 Å². The average molecular weight is 299 g/mol. The van der Waals surface area contributed by atoms with Crippen molar-refractivity contribution in [1.82, 2.24) is 4.98 Å².